The fraction of sp³-hybridized carbons (Fsp3) is 0.600. The molecule has 2 aromatic carbocycles. The van der Waals surface area contributed by atoms with Gasteiger partial charge in [0.25, 0.3) is 5.91 Å². The first-order valence-electron chi connectivity index (χ1n) is 16.8. The van der Waals surface area contributed by atoms with Crippen molar-refractivity contribution in [1.29, 1.82) is 0 Å². The normalized spacial score (nSPS) is 23.0. The molecule has 0 saturated heterocycles. The summed E-state index contributed by atoms with van der Waals surface area (Å²) in [5.41, 5.74) is 0.778. The molecule has 2 N–H and O–H groups in total. The molecule has 2 amide bonds. The summed E-state index contributed by atoms with van der Waals surface area (Å²) in [7, 11) is -2.48. The molecule has 0 aromatic heterocycles. The number of likely N-dealkylation sites (N-methyl/N-ethyl adjacent to an activating group) is 1. The van der Waals surface area contributed by atoms with E-state index in [1.54, 1.807) is 30.0 Å². The lowest BCUT2D eigenvalue weighted by atomic mass is 9.88. The molecule has 260 valence electrons. The second kappa shape index (κ2) is 16.9. The highest BCUT2D eigenvalue weighted by atomic mass is 32.2. The third-order valence-corrected chi connectivity index (χ3v) is 11.1. The number of sulfonamides is 1. The highest BCUT2D eigenvalue weighted by molar-refractivity contribution is 7.89. The van der Waals surface area contributed by atoms with Gasteiger partial charge in [-0.2, -0.15) is 4.31 Å². The third-order valence-electron chi connectivity index (χ3n) is 9.25. The van der Waals surface area contributed by atoms with Crippen LogP contribution in [0.2, 0.25) is 0 Å². The molecule has 2 aliphatic rings. The number of nitrogens with zero attached hydrogens (tertiary/aromatic N) is 2. The second-order valence-electron chi connectivity index (χ2n) is 13.1. The molecule has 0 radical (unpaired) electrons. The number of benzene rings is 2. The van der Waals surface area contributed by atoms with Gasteiger partial charge in [0.2, 0.25) is 15.9 Å². The monoisotopic (exact) mass is 675 g/mol. The maximum Gasteiger partial charge on any atom is 0.258 e. The lowest BCUT2D eigenvalue weighted by Gasteiger charge is -2.35. The van der Waals surface area contributed by atoms with Gasteiger partial charge in [-0.15, -0.1) is 0 Å². The number of aliphatic hydroxyl groups is 1. The standard InChI is InChI=1S/C35H50FN3O7S/c1-24-21-39(25(2)23-40)35(42)31-20-29(37-34(41)27-11-6-5-7-12-27)15-18-32(31)46-26(3)10-8-9-19-45-33(24)22-38(4)47(43,44)30-16-13-28(36)14-17-30/h13-18,20,24-27,33,40H,5-12,19,21-23H2,1-4H3,(H,37,41)/t24-,25-,26+,33+/m1/s1. The van der Waals surface area contributed by atoms with Gasteiger partial charge in [0.1, 0.15) is 11.6 Å². The predicted octanol–water partition coefficient (Wildman–Crippen LogP) is 5.46. The Morgan fingerprint density at radius 3 is 2.43 bits per heavy atom. The molecule has 1 aliphatic heterocycles. The van der Waals surface area contributed by atoms with Crippen LogP contribution < -0.4 is 10.1 Å². The minimum Gasteiger partial charge on any atom is -0.490 e. The first-order chi connectivity index (χ1) is 22.4. The zero-order valence-electron chi connectivity index (χ0n) is 28.0. The Balaban J connectivity index is 1.62. The number of hydrogen-bond donors (Lipinski definition) is 2. The van der Waals surface area contributed by atoms with E-state index in [2.05, 4.69) is 5.32 Å². The van der Waals surface area contributed by atoms with Crippen molar-refractivity contribution in [2.75, 3.05) is 38.7 Å². The third kappa shape index (κ3) is 9.74. The number of aliphatic hydroxyl groups excluding tert-OH is 1. The molecule has 12 heteroatoms. The number of carbonyl (C=O) groups excluding carboxylic acids is 2. The van der Waals surface area contributed by atoms with Gasteiger partial charge in [0.05, 0.1) is 35.3 Å². The fourth-order valence-corrected chi connectivity index (χ4v) is 7.39. The first-order valence-corrected chi connectivity index (χ1v) is 18.2. The molecule has 4 atom stereocenters. The van der Waals surface area contributed by atoms with Crippen molar-refractivity contribution in [2.45, 2.75) is 95.3 Å². The second-order valence-corrected chi connectivity index (χ2v) is 15.1. The maximum atomic E-state index is 14.3. The molecule has 0 unspecified atom stereocenters. The number of carbonyl (C=O) groups is 2. The van der Waals surface area contributed by atoms with Crippen molar-refractivity contribution in [3.05, 3.63) is 53.8 Å². The average Bonchev–Trinajstić information content (AvgIpc) is 3.06. The topological polar surface area (TPSA) is 125 Å². The van der Waals surface area contributed by atoms with Crippen LogP contribution in [0.1, 0.15) is 82.5 Å². The summed E-state index contributed by atoms with van der Waals surface area (Å²) in [6, 6.07) is 9.22. The van der Waals surface area contributed by atoms with Gasteiger partial charge < -0.3 is 24.8 Å². The fourth-order valence-electron chi connectivity index (χ4n) is 6.21. The zero-order valence-corrected chi connectivity index (χ0v) is 28.8. The largest absolute Gasteiger partial charge is 0.490 e. The summed E-state index contributed by atoms with van der Waals surface area (Å²) in [6.45, 7) is 5.82. The minimum atomic E-state index is -3.94. The first kappa shape index (κ1) is 36.8. The van der Waals surface area contributed by atoms with Crippen LogP contribution in [0.4, 0.5) is 10.1 Å². The van der Waals surface area contributed by atoms with E-state index in [0.717, 1.165) is 57.1 Å². The van der Waals surface area contributed by atoms with Crippen molar-refractivity contribution in [1.82, 2.24) is 9.21 Å². The molecule has 2 aromatic rings. The summed E-state index contributed by atoms with van der Waals surface area (Å²) in [5.74, 6) is -0.968. The Morgan fingerprint density at radius 2 is 1.74 bits per heavy atom. The number of fused-ring (bicyclic) bond motifs is 1. The van der Waals surface area contributed by atoms with Gasteiger partial charge in [0, 0.05) is 44.3 Å². The lowest BCUT2D eigenvalue weighted by molar-refractivity contribution is -0.120. The van der Waals surface area contributed by atoms with Gasteiger partial charge in [-0.3, -0.25) is 9.59 Å². The van der Waals surface area contributed by atoms with Crippen molar-refractivity contribution in [2.24, 2.45) is 11.8 Å². The smallest absolute Gasteiger partial charge is 0.258 e. The Hall–Kier alpha value is -3.06. The summed E-state index contributed by atoms with van der Waals surface area (Å²) in [4.78, 5) is 28.9. The van der Waals surface area contributed by atoms with Crippen LogP contribution in [0, 0.1) is 17.7 Å². The summed E-state index contributed by atoms with van der Waals surface area (Å²) in [5, 5.41) is 13.2. The van der Waals surface area contributed by atoms with Crippen LogP contribution in [0.3, 0.4) is 0 Å². The predicted molar refractivity (Wildman–Crippen MR) is 178 cm³/mol. The van der Waals surface area contributed by atoms with Crippen molar-refractivity contribution < 1.29 is 37.0 Å². The Bertz CT molecular complexity index is 1450. The zero-order chi connectivity index (χ0) is 34.1. The summed E-state index contributed by atoms with van der Waals surface area (Å²) < 4.78 is 53.9. The molecule has 1 heterocycles. The van der Waals surface area contributed by atoms with E-state index in [4.69, 9.17) is 9.47 Å². The highest BCUT2D eigenvalue weighted by Crippen LogP contribution is 2.30. The number of anilines is 1. The van der Waals surface area contributed by atoms with E-state index in [9.17, 15) is 27.5 Å². The molecule has 0 spiro atoms. The van der Waals surface area contributed by atoms with Crippen LogP contribution in [-0.4, -0.2) is 86.1 Å². The van der Waals surface area contributed by atoms with Gasteiger partial charge in [-0.05, 0) is 88.4 Å². The number of amides is 2. The Labute approximate surface area is 278 Å². The lowest BCUT2D eigenvalue weighted by Crippen LogP contribution is -2.48. The van der Waals surface area contributed by atoms with Crippen LogP contribution in [0.25, 0.3) is 0 Å². The van der Waals surface area contributed by atoms with Crippen LogP contribution in [0.15, 0.2) is 47.4 Å². The van der Waals surface area contributed by atoms with E-state index in [1.165, 1.54) is 23.5 Å². The number of hydrogen-bond acceptors (Lipinski definition) is 7. The van der Waals surface area contributed by atoms with E-state index < -0.39 is 28.0 Å². The molecule has 10 nitrogen and oxygen atoms in total. The molecule has 1 saturated carbocycles. The molecule has 47 heavy (non-hydrogen) atoms. The minimum absolute atomic E-state index is 0.00383. The quantitative estimate of drug-likeness (QED) is 0.381. The molecular weight excluding hydrogens is 625 g/mol. The van der Waals surface area contributed by atoms with Gasteiger partial charge in [0.15, 0.2) is 0 Å². The SMILES string of the molecule is C[C@@H]1CN([C@H](C)CO)C(=O)c2cc(NC(=O)C3CCCCC3)ccc2O[C@@H](C)CCCCO[C@H]1CN(C)S(=O)(=O)c1ccc(F)cc1. The molecule has 4 rings (SSSR count). The molecule has 0 bridgehead atoms. The highest BCUT2D eigenvalue weighted by Gasteiger charge is 2.33. The van der Waals surface area contributed by atoms with E-state index in [1.807, 2.05) is 13.8 Å². The number of rotatable bonds is 8. The van der Waals surface area contributed by atoms with Crippen molar-refractivity contribution in [3.63, 3.8) is 0 Å². The van der Waals surface area contributed by atoms with Crippen molar-refractivity contribution >= 4 is 27.5 Å². The number of ether oxygens (including phenoxy) is 2. The Morgan fingerprint density at radius 1 is 1.06 bits per heavy atom. The van der Waals surface area contributed by atoms with Crippen molar-refractivity contribution in [3.8, 4) is 5.75 Å². The molecule has 1 aliphatic carbocycles. The number of halogens is 1. The Kier molecular flexibility index (Phi) is 13.2. The van der Waals surface area contributed by atoms with Crippen LogP contribution in [-0.2, 0) is 19.6 Å². The average molecular weight is 676 g/mol. The van der Waals surface area contributed by atoms with Gasteiger partial charge >= 0.3 is 0 Å². The van der Waals surface area contributed by atoms with Gasteiger partial charge in [-0.1, -0.05) is 26.2 Å². The van der Waals surface area contributed by atoms with Crippen LogP contribution in [0.5, 0.6) is 5.75 Å². The summed E-state index contributed by atoms with van der Waals surface area (Å²) in [6.07, 6.45) is 6.29. The molecular formula is C35H50FN3O7S. The maximum absolute atomic E-state index is 14.3. The van der Waals surface area contributed by atoms with E-state index in [0.29, 0.717) is 24.5 Å². The van der Waals surface area contributed by atoms with Crippen LogP contribution >= 0.6 is 0 Å². The van der Waals surface area contributed by atoms with E-state index in [-0.39, 0.29) is 59.9 Å². The summed E-state index contributed by atoms with van der Waals surface area (Å²) >= 11 is 0. The molecule has 1 fully saturated rings. The van der Waals surface area contributed by atoms with E-state index >= 15 is 0 Å². The number of nitrogens with one attached hydrogen (secondary N) is 1. The van der Waals surface area contributed by atoms with Gasteiger partial charge in [-0.25, -0.2) is 12.8 Å².